The molecule has 71 heavy (non-hydrogen) atoms. The molecular weight excluding hydrogens is 872 g/mol. The molecule has 0 amide bonds. The number of aryl methyl sites for hydroxylation is 3. The summed E-state index contributed by atoms with van der Waals surface area (Å²) in [6, 6.07) is 15.0. The van der Waals surface area contributed by atoms with Crippen LogP contribution in [-0.4, -0.2) is 33.4 Å². The van der Waals surface area contributed by atoms with Gasteiger partial charge in [-0.25, -0.2) is 0 Å². The Morgan fingerprint density at radius 2 is 0.915 bits per heavy atom. The minimum Gasteiger partial charge on any atom is -0.508 e. The fourth-order valence-corrected chi connectivity index (χ4v) is 12.9. The highest BCUT2D eigenvalue weighted by Crippen LogP contribution is 2.61. The zero-order valence-corrected chi connectivity index (χ0v) is 44.0. The topological polar surface area (TPSA) is 101 Å². The van der Waals surface area contributed by atoms with Crippen molar-refractivity contribution in [1.29, 1.82) is 0 Å². The molecule has 2 aliphatic carbocycles. The summed E-state index contributed by atoms with van der Waals surface area (Å²) in [5, 5.41) is 66.4. The lowest BCUT2D eigenvalue weighted by Gasteiger charge is -2.28. The molecule has 0 atom stereocenters. The zero-order valence-electron chi connectivity index (χ0n) is 44.0. The van der Waals surface area contributed by atoms with Crippen LogP contribution in [0, 0.1) is 90.0 Å². The van der Waals surface area contributed by atoms with Crippen LogP contribution in [0.15, 0.2) is 65.9 Å². The van der Waals surface area contributed by atoms with Crippen molar-refractivity contribution >= 4 is 57.0 Å². The zero-order chi connectivity index (χ0) is 51.5. The second-order valence-corrected chi connectivity index (χ2v) is 20.9. The molecular formula is C65H63BO5. The molecule has 0 saturated heterocycles. The molecule has 0 spiro atoms. The summed E-state index contributed by atoms with van der Waals surface area (Å²) in [6.07, 6.45) is 0.656. The summed E-state index contributed by atoms with van der Waals surface area (Å²) < 4.78 is 0. The van der Waals surface area contributed by atoms with Gasteiger partial charge in [-0.05, 0) is 259 Å². The Kier molecular flexibility index (Phi) is 10.8. The summed E-state index contributed by atoms with van der Waals surface area (Å²) in [7, 11) is 7.42. The SMILES string of the molecule is [B]c1c(C)c(C)c(C)c2c(-c3cccc4ccccc34)c3c(C)c(C)c(C)c(C)c3c(/C(O)=C(C)/C(C)=C(\C(=C)O)c3c(C)c(C)c4c(c3C)Cc3c(O)c(O)c5c(c3-4)-c3c(C)c(C)c(C)c(O)c3C5)c12. The number of phenolic OH excluding ortho intramolecular Hbond substituents is 3. The number of hydrogen-bond donors (Lipinski definition) is 5. The Morgan fingerprint density at radius 3 is 1.52 bits per heavy atom. The van der Waals surface area contributed by atoms with Crippen molar-refractivity contribution in [2.45, 2.75) is 117 Å². The number of aliphatic hydroxyl groups excluding tert-OH is 2. The first-order valence-corrected chi connectivity index (χ1v) is 24.7. The third-order valence-corrected chi connectivity index (χ3v) is 18.0. The third kappa shape index (κ3) is 6.19. The molecule has 0 saturated carbocycles. The van der Waals surface area contributed by atoms with Crippen LogP contribution in [0.1, 0.15) is 120 Å². The number of benzene rings is 8. The normalized spacial score (nSPS) is 13.5. The molecule has 8 aromatic carbocycles. The van der Waals surface area contributed by atoms with Gasteiger partial charge in [0.2, 0.25) is 0 Å². The highest BCUT2D eigenvalue weighted by molar-refractivity contribution is 6.43. The number of aliphatic hydroxyl groups is 2. The monoisotopic (exact) mass is 934 g/mol. The molecule has 10 rings (SSSR count). The second kappa shape index (κ2) is 16.2. The molecule has 5 N–H and O–H groups in total. The van der Waals surface area contributed by atoms with E-state index < -0.39 is 0 Å². The predicted octanol–water partition coefficient (Wildman–Crippen LogP) is 15.7. The van der Waals surface area contributed by atoms with E-state index in [0.29, 0.717) is 51.7 Å². The Labute approximate surface area is 419 Å². The van der Waals surface area contributed by atoms with Crippen molar-refractivity contribution in [1.82, 2.24) is 0 Å². The number of fused-ring (bicyclic) bond motifs is 10. The maximum Gasteiger partial charge on any atom is 0.161 e. The van der Waals surface area contributed by atoms with Gasteiger partial charge >= 0.3 is 0 Å². The summed E-state index contributed by atoms with van der Waals surface area (Å²) in [5.74, 6) is -0.133. The van der Waals surface area contributed by atoms with E-state index in [9.17, 15) is 25.5 Å². The largest absolute Gasteiger partial charge is 0.508 e. The molecule has 0 unspecified atom stereocenters. The summed E-state index contributed by atoms with van der Waals surface area (Å²) in [4.78, 5) is 0. The summed E-state index contributed by atoms with van der Waals surface area (Å²) in [5.41, 5.74) is 26.0. The Hall–Kier alpha value is -7.18. The number of aromatic hydroxyl groups is 3. The first-order valence-electron chi connectivity index (χ1n) is 24.7. The van der Waals surface area contributed by atoms with Crippen LogP contribution >= 0.6 is 0 Å². The summed E-state index contributed by atoms with van der Waals surface area (Å²) >= 11 is 0. The quantitative estimate of drug-likeness (QED) is 0.0389. The molecule has 0 heterocycles. The van der Waals surface area contributed by atoms with Crippen molar-refractivity contribution < 1.29 is 25.5 Å². The van der Waals surface area contributed by atoms with Crippen LogP contribution in [-0.2, 0) is 12.8 Å². The van der Waals surface area contributed by atoms with Gasteiger partial charge in [-0.3, -0.25) is 0 Å². The average Bonchev–Trinajstić information content (AvgIpc) is 3.96. The van der Waals surface area contributed by atoms with Crippen molar-refractivity contribution in [3.8, 4) is 50.6 Å². The first kappa shape index (κ1) is 47.5. The molecule has 2 radical (unpaired) electrons. The van der Waals surface area contributed by atoms with Crippen LogP contribution in [0.4, 0.5) is 0 Å². The third-order valence-electron chi connectivity index (χ3n) is 18.0. The van der Waals surface area contributed by atoms with Gasteiger partial charge in [0.1, 0.15) is 25.1 Å². The molecule has 5 nitrogen and oxygen atoms in total. The minimum atomic E-state index is -0.150. The van der Waals surface area contributed by atoms with Gasteiger partial charge in [0, 0.05) is 40.7 Å². The van der Waals surface area contributed by atoms with E-state index in [-0.39, 0.29) is 28.8 Å². The molecule has 6 heteroatoms. The van der Waals surface area contributed by atoms with E-state index >= 15 is 0 Å². The maximum atomic E-state index is 13.4. The van der Waals surface area contributed by atoms with E-state index in [0.717, 1.165) is 149 Å². The van der Waals surface area contributed by atoms with Crippen molar-refractivity contribution in [2.24, 2.45) is 0 Å². The van der Waals surface area contributed by atoms with Crippen molar-refractivity contribution in [3.63, 3.8) is 0 Å². The average molecular weight is 935 g/mol. The van der Waals surface area contributed by atoms with E-state index in [1.54, 1.807) is 0 Å². The van der Waals surface area contributed by atoms with Gasteiger partial charge in [-0.1, -0.05) is 60.1 Å². The standard InChI is InChI=1S/C65H63BO5/c1-26-27(2)32(7)54-53(31(26)6)56(44-23-19-21-42-20-17-18-22-43(42)44)55-33(8)28(3)37(12)61(66)59(55)60(54)63(69)39(14)36(11)50(41(16)67)49-34(9)35(10)51-45(40(49)15)24-47-57(51)58-48(65(71)64(47)70)25-46-52(58)30(5)29(4)38(13)62(46)68/h17-23,67-71H,16,24-25H2,1-15H3/b50-36+,63-39-. The van der Waals surface area contributed by atoms with Crippen LogP contribution in [0.25, 0.3) is 77.0 Å². The lowest BCUT2D eigenvalue weighted by molar-refractivity contribution is 0.397. The van der Waals surface area contributed by atoms with Crippen LogP contribution in [0.2, 0.25) is 0 Å². The fourth-order valence-electron chi connectivity index (χ4n) is 12.9. The second-order valence-electron chi connectivity index (χ2n) is 20.9. The molecule has 0 aliphatic heterocycles. The summed E-state index contributed by atoms with van der Waals surface area (Å²) in [6.45, 7) is 35.3. The highest BCUT2D eigenvalue weighted by Gasteiger charge is 2.40. The Balaban J connectivity index is 1.29. The Bertz CT molecular complexity index is 3840. The number of rotatable bonds is 5. The molecule has 0 bridgehead atoms. The van der Waals surface area contributed by atoms with Crippen LogP contribution in [0.3, 0.4) is 0 Å². The van der Waals surface area contributed by atoms with Crippen molar-refractivity contribution in [2.75, 3.05) is 0 Å². The van der Waals surface area contributed by atoms with E-state index in [2.05, 4.69) is 125 Å². The molecule has 2 aliphatic rings. The fraction of sp³-hybridized carbons (Fsp3) is 0.262. The first-order chi connectivity index (χ1) is 33.5. The van der Waals surface area contributed by atoms with Gasteiger partial charge < -0.3 is 25.5 Å². The predicted molar refractivity (Wildman–Crippen MR) is 299 cm³/mol. The maximum absolute atomic E-state index is 13.4. The molecule has 0 fully saturated rings. The van der Waals surface area contributed by atoms with Gasteiger partial charge in [0.25, 0.3) is 0 Å². The van der Waals surface area contributed by atoms with E-state index in [1.165, 1.54) is 5.56 Å². The highest BCUT2D eigenvalue weighted by atomic mass is 16.3. The lowest BCUT2D eigenvalue weighted by atomic mass is 9.73. The number of hydrogen-bond acceptors (Lipinski definition) is 5. The van der Waals surface area contributed by atoms with Gasteiger partial charge in [0.15, 0.2) is 11.5 Å². The Morgan fingerprint density at radius 1 is 0.437 bits per heavy atom. The van der Waals surface area contributed by atoms with Gasteiger partial charge in [-0.15, -0.1) is 0 Å². The van der Waals surface area contributed by atoms with Crippen LogP contribution in [0.5, 0.6) is 17.2 Å². The van der Waals surface area contributed by atoms with Gasteiger partial charge in [-0.2, -0.15) is 0 Å². The smallest absolute Gasteiger partial charge is 0.161 e. The van der Waals surface area contributed by atoms with Crippen molar-refractivity contribution in [3.05, 3.63) is 172 Å². The lowest BCUT2D eigenvalue weighted by Crippen LogP contribution is -2.16. The number of allylic oxidation sites excluding steroid dienone is 3. The van der Waals surface area contributed by atoms with Gasteiger partial charge in [0.05, 0.1) is 0 Å². The van der Waals surface area contributed by atoms with E-state index in [1.807, 2.05) is 27.7 Å². The van der Waals surface area contributed by atoms with Crippen LogP contribution < -0.4 is 5.46 Å². The minimum absolute atomic E-state index is 0.0696. The number of phenols is 3. The van der Waals surface area contributed by atoms with E-state index in [4.69, 9.17) is 7.85 Å². The molecule has 356 valence electrons. The molecule has 0 aromatic heterocycles. The molecule has 8 aromatic rings.